The molecule has 74 valence electrons. The van der Waals surface area contributed by atoms with E-state index in [4.69, 9.17) is 0 Å². The molecule has 2 atom stereocenters. The Morgan fingerprint density at radius 3 is 2.77 bits per heavy atom. The van der Waals surface area contributed by atoms with Crippen LogP contribution in [-0.4, -0.2) is 17.7 Å². The van der Waals surface area contributed by atoms with Crippen molar-refractivity contribution >= 4 is 11.7 Å². The van der Waals surface area contributed by atoms with Crippen molar-refractivity contribution < 1.29 is 9.59 Å². The first-order valence-electron chi connectivity index (χ1n) is 4.98. The van der Waals surface area contributed by atoms with E-state index < -0.39 is 0 Å². The van der Waals surface area contributed by atoms with Crippen LogP contribution in [0, 0.1) is 5.92 Å². The summed E-state index contributed by atoms with van der Waals surface area (Å²) in [5.74, 6) is 0.157. The summed E-state index contributed by atoms with van der Waals surface area (Å²) in [5.41, 5.74) is 0. The third-order valence-corrected chi connectivity index (χ3v) is 2.57. The van der Waals surface area contributed by atoms with Crippen LogP contribution in [-0.2, 0) is 9.59 Å². The Hall–Kier alpha value is -0.860. The Morgan fingerprint density at radius 2 is 2.15 bits per heavy atom. The highest BCUT2D eigenvalue weighted by molar-refractivity contribution is 5.96. The molecular weight excluding hydrogens is 166 g/mol. The Bertz CT molecular complexity index is 213. The van der Waals surface area contributed by atoms with Gasteiger partial charge in [0.25, 0.3) is 0 Å². The second-order valence-electron chi connectivity index (χ2n) is 3.74. The molecule has 0 spiro atoms. The third kappa shape index (κ3) is 2.54. The second-order valence-corrected chi connectivity index (χ2v) is 3.74. The molecule has 0 saturated carbocycles. The molecule has 0 aromatic heterocycles. The molecule has 1 amide bonds. The molecule has 0 aliphatic carbocycles. The van der Waals surface area contributed by atoms with Crippen molar-refractivity contribution in [1.82, 2.24) is 5.32 Å². The maximum atomic E-state index is 11.4. The van der Waals surface area contributed by atoms with Crippen molar-refractivity contribution in [3.63, 3.8) is 0 Å². The Kier molecular flexibility index (Phi) is 3.46. The van der Waals surface area contributed by atoms with Crippen LogP contribution < -0.4 is 5.32 Å². The minimum Gasteiger partial charge on any atom is -0.346 e. The topological polar surface area (TPSA) is 46.2 Å². The standard InChI is InChI=1S/C10H17NO2/c1-3-4-5-8-6-9(12)7(2)11-10(8)13/h7-8H,3-6H2,1-2H3,(H,11,13). The SMILES string of the molecule is CCCCC1CC(=O)C(C)NC1=O. The Labute approximate surface area is 78.9 Å². The van der Waals surface area contributed by atoms with E-state index in [1.807, 2.05) is 0 Å². The van der Waals surface area contributed by atoms with Crippen molar-refractivity contribution in [2.45, 2.75) is 45.6 Å². The van der Waals surface area contributed by atoms with E-state index in [9.17, 15) is 9.59 Å². The highest BCUT2D eigenvalue weighted by Gasteiger charge is 2.30. The Morgan fingerprint density at radius 1 is 1.46 bits per heavy atom. The number of ketones is 1. The van der Waals surface area contributed by atoms with Gasteiger partial charge in [-0.3, -0.25) is 9.59 Å². The van der Waals surface area contributed by atoms with Crippen molar-refractivity contribution in [2.24, 2.45) is 5.92 Å². The van der Waals surface area contributed by atoms with E-state index in [1.54, 1.807) is 6.92 Å². The summed E-state index contributed by atoms with van der Waals surface area (Å²) in [5, 5.41) is 2.70. The predicted molar refractivity (Wildman–Crippen MR) is 50.2 cm³/mol. The molecule has 0 bridgehead atoms. The van der Waals surface area contributed by atoms with Gasteiger partial charge in [0.2, 0.25) is 5.91 Å². The van der Waals surface area contributed by atoms with Gasteiger partial charge in [-0.15, -0.1) is 0 Å². The lowest BCUT2D eigenvalue weighted by atomic mass is 9.89. The van der Waals surface area contributed by atoms with E-state index in [1.165, 1.54) is 0 Å². The zero-order valence-corrected chi connectivity index (χ0v) is 8.30. The summed E-state index contributed by atoms with van der Waals surface area (Å²) in [4.78, 5) is 22.7. The molecule has 1 heterocycles. The van der Waals surface area contributed by atoms with Crippen LogP contribution >= 0.6 is 0 Å². The number of carbonyl (C=O) groups excluding carboxylic acids is 2. The average molecular weight is 183 g/mol. The largest absolute Gasteiger partial charge is 0.346 e. The normalized spacial score (nSPS) is 28.8. The average Bonchev–Trinajstić information content (AvgIpc) is 2.09. The number of nitrogens with one attached hydrogen (secondary N) is 1. The fraction of sp³-hybridized carbons (Fsp3) is 0.800. The van der Waals surface area contributed by atoms with Gasteiger partial charge in [-0.25, -0.2) is 0 Å². The van der Waals surface area contributed by atoms with Crippen molar-refractivity contribution in [3.8, 4) is 0 Å². The van der Waals surface area contributed by atoms with Gasteiger partial charge in [0.1, 0.15) is 0 Å². The van der Waals surface area contributed by atoms with Gasteiger partial charge in [-0.05, 0) is 13.3 Å². The van der Waals surface area contributed by atoms with Crippen molar-refractivity contribution in [3.05, 3.63) is 0 Å². The summed E-state index contributed by atoms with van der Waals surface area (Å²) in [6.07, 6.45) is 3.39. The molecule has 13 heavy (non-hydrogen) atoms. The maximum Gasteiger partial charge on any atom is 0.224 e. The molecule has 1 N–H and O–H groups in total. The number of rotatable bonds is 3. The zero-order chi connectivity index (χ0) is 9.84. The number of piperidine rings is 1. The Balaban J connectivity index is 2.46. The monoisotopic (exact) mass is 183 g/mol. The summed E-state index contributed by atoms with van der Waals surface area (Å²) in [7, 11) is 0. The first-order chi connectivity index (χ1) is 6.15. The molecule has 0 aromatic carbocycles. The molecule has 1 aliphatic heterocycles. The predicted octanol–water partition coefficient (Wildman–Crippen LogP) is 1.27. The lowest BCUT2D eigenvalue weighted by Gasteiger charge is -2.25. The van der Waals surface area contributed by atoms with Crippen LogP contribution in [0.3, 0.4) is 0 Å². The smallest absolute Gasteiger partial charge is 0.224 e. The zero-order valence-electron chi connectivity index (χ0n) is 8.30. The third-order valence-electron chi connectivity index (χ3n) is 2.57. The molecule has 0 radical (unpaired) electrons. The van der Waals surface area contributed by atoms with Gasteiger partial charge >= 0.3 is 0 Å². The van der Waals surface area contributed by atoms with E-state index in [0.717, 1.165) is 19.3 Å². The molecule has 2 unspecified atom stereocenters. The number of Topliss-reactive ketones (excluding diaryl/α,β-unsaturated/α-hetero) is 1. The molecular formula is C10H17NO2. The number of hydrogen-bond donors (Lipinski definition) is 1. The van der Waals surface area contributed by atoms with Crippen LogP contribution in [0.1, 0.15) is 39.5 Å². The highest BCUT2D eigenvalue weighted by Crippen LogP contribution is 2.18. The number of hydrogen-bond acceptors (Lipinski definition) is 2. The first-order valence-corrected chi connectivity index (χ1v) is 4.98. The van der Waals surface area contributed by atoms with Gasteiger partial charge in [0, 0.05) is 12.3 Å². The number of amides is 1. The van der Waals surface area contributed by atoms with Gasteiger partial charge < -0.3 is 5.32 Å². The van der Waals surface area contributed by atoms with Crippen molar-refractivity contribution in [1.29, 1.82) is 0 Å². The molecule has 1 fully saturated rings. The molecule has 3 nitrogen and oxygen atoms in total. The van der Waals surface area contributed by atoms with Crippen molar-refractivity contribution in [2.75, 3.05) is 0 Å². The molecule has 1 aliphatic rings. The number of carbonyl (C=O) groups is 2. The van der Waals surface area contributed by atoms with E-state index in [0.29, 0.717) is 6.42 Å². The fourth-order valence-corrected chi connectivity index (χ4v) is 1.61. The van der Waals surface area contributed by atoms with Gasteiger partial charge in [-0.2, -0.15) is 0 Å². The summed E-state index contributed by atoms with van der Waals surface area (Å²) in [6, 6.07) is -0.273. The van der Waals surface area contributed by atoms with Gasteiger partial charge in [0.15, 0.2) is 5.78 Å². The van der Waals surface area contributed by atoms with Crippen LogP contribution in [0.15, 0.2) is 0 Å². The lowest BCUT2D eigenvalue weighted by molar-refractivity contribution is -0.136. The van der Waals surface area contributed by atoms with E-state index in [-0.39, 0.29) is 23.7 Å². The van der Waals surface area contributed by atoms with Crippen LogP contribution in [0.25, 0.3) is 0 Å². The summed E-state index contributed by atoms with van der Waals surface area (Å²) < 4.78 is 0. The van der Waals surface area contributed by atoms with Gasteiger partial charge in [-0.1, -0.05) is 19.8 Å². The molecule has 0 aromatic rings. The van der Waals surface area contributed by atoms with E-state index >= 15 is 0 Å². The first kappa shape index (κ1) is 10.2. The fourth-order valence-electron chi connectivity index (χ4n) is 1.61. The second kappa shape index (κ2) is 4.40. The quantitative estimate of drug-likeness (QED) is 0.716. The van der Waals surface area contributed by atoms with Gasteiger partial charge in [0.05, 0.1) is 6.04 Å². The van der Waals surface area contributed by atoms with Crippen LogP contribution in [0.4, 0.5) is 0 Å². The number of unbranched alkanes of at least 4 members (excludes halogenated alkanes) is 1. The molecule has 1 rings (SSSR count). The summed E-state index contributed by atoms with van der Waals surface area (Å²) in [6.45, 7) is 3.83. The highest BCUT2D eigenvalue weighted by atomic mass is 16.2. The van der Waals surface area contributed by atoms with Crippen LogP contribution in [0.5, 0.6) is 0 Å². The maximum absolute atomic E-state index is 11.4. The lowest BCUT2D eigenvalue weighted by Crippen LogP contribution is -2.48. The van der Waals surface area contributed by atoms with Crippen LogP contribution in [0.2, 0.25) is 0 Å². The summed E-state index contributed by atoms with van der Waals surface area (Å²) >= 11 is 0. The minimum absolute atomic E-state index is 0.0561. The molecule has 3 heteroatoms. The van der Waals surface area contributed by atoms with E-state index in [2.05, 4.69) is 12.2 Å². The molecule has 1 saturated heterocycles. The minimum atomic E-state index is -0.273.